The van der Waals surface area contributed by atoms with Crippen LogP contribution in [-0.4, -0.2) is 0 Å². The van der Waals surface area contributed by atoms with Gasteiger partial charge >= 0.3 is 0 Å². The highest BCUT2D eigenvalue weighted by atomic mass is 19.1. The summed E-state index contributed by atoms with van der Waals surface area (Å²) < 4.78 is 14.7. The second kappa shape index (κ2) is 8.89. The summed E-state index contributed by atoms with van der Waals surface area (Å²) in [6.45, 7) is 6.13. The van der Waals surface area contributed by atoms with Crippen LogP contribution in [0.2, 0.25) is 0 Å². The molecule has 1 heteroatoms. The lowest BCUT2D eigenvalue weighted by atomic mass is 9.69. The lowest BCUT2D eigenvalue weighted by molar-refractivity contribution is 0.176. The van der Waals surface area contributed by atoms with Crippen molar-refractivity contribution in [1.82, 2.24) is 0 Å². The fourth-order valence-corrected chi connectivity index (χ4v) is 4.56. The van der Waals surface area contributed by atoms with Crippen LogP contribution >= 0.6 is 0 Å². The minimum Gasteiger partial charge on any atom is -0.207 e. The van der Waals surface area contributed by atoms with Gasteiger partial charge in [-0.1, -0.05) is 52.0 Å². The van der Waals surface area contributed by atoms with Gasteiger partial charge in [-0.3, -0.25) is 0 Å². The Kier molecular flexibility index (Phi) is 7.18. The van der Waals surface area contributed by atoms with Crippen molar-refractivity contribution in [3.8, 4) is 0 Å². The van der Waals surface area contributed by atoms with Crippen molar-refractivity contribution >= 4 is 0 Å². The highest BCUT2D eigenvalue weighted by molar-refractivity contribution is 5.31. The van der Waals surface area contributed by atoms with E-state index in [1.165, 1.54) is 57.8 Å². The third kappa shape index (κ3) is 4.46. The van der Waals surface area contributed by atoms with Gasteiger partial charge in [0.1, 0.15) is 5.83 Å². The molecule has 0 bridgehead atoms. The summed E-state index contributed by atoms with van der Waals surface area (Å²) in [7, 11) is 0. The first-order chi connectivity index (χ1) is 10.7. The molecule has 0 N–H and O–H groups in total. The highest BCUT2D eigenvalue weighted by Crippen LogP contribution is 2.43. The van der Waals surface area contributed by atoms with Gasteiger partial charge in [0.2, 0.25) is 0 Å². The molecule has 2 rings (SSSR count). The number of hydrogen-bond donors (Lipinski definition) is 0. The monoisotopic (exact) mass is 306 g/mol. The van der Waals surface area contributed by atoms with Gasteiger partial charge in [0.15, 0.2) is 0 Å². The maximum Gasteiger partial charge on any atom is 0.125 e. The van der Waals surface area contributed by atoms with Gasteiger partial charge in [-0.05, 0) is 74.3 Å². The molecular formula is C21H35F. The highest BCUT2D eigenvalue weighted by Gasteiger charge is 2.30. The molecule has 2 saturated carbocycles. The largest absolute Gasteiger partial charge is 0.207 e. The number of allylic oxidation sites excluding steroid dienone is 4. The van der Waals surface area contributed by atoms with E-state index in [0.717, 1.165) is 35.8 Å². The molecule has 2 aliphatic carbocycles. The third-order valence-corrected chi connectivity index (χ3v) is 6.11. The Labute approximate surface area is 137 Å². The van der Waals surface area contributed by atoms with E-state index in [-0.39, 0.29) is 5.83 Å². The Morgan fingerprint density at radius 1 is 0.909 bits per heavy atom. The summed E-state index contributed by atoms with van der Waals surface area (Å²) in [6, 6.07) is 0. The molecule has 0 saturated heterocycles. The smallest absolute Gasteiger partial charge is 0.125 e. The van der Waals surface area contributed by atoms with Gasteiger partial charge in [0, 0.05) is 0 Å². The number of hydrogen-bond acceptors (Lipinski definition) is 0. The second-order valence-corrected chi connectivity index (χ2v) is 7.53. The van der Waals surface area contributed by atoms with Gasteiger partial charge in [0.25, 0.3) is 0 Å². The zero-order valence-corrected chi connectivity index (χ0v) is 15.0. The topological polar surface area (TPSA) is 0 Å². The summed E-state index contributed by atoms with van der Waals surface area (Å²) in [5.74, 6) is 2.48. The van der Waals surface area contributed by atoms with Crippen molar-refractivity contribution in [2.24, 2.45) is 17.8 Å². The molecule has 126 valence electrons. The minimum atomic E-state index is 0.102. The predicted molar refractivity (Wildman–Crippen MR) is 94.5 cm³/mol. The Morgan fingerprint density at radius 2 is 1.50 bits per heavy atom. The van der Waals surface area contributed by atoms with Crippen LogP contribution in [-0.2, 0) is 0 Å². The zero-order valence-electron chi connectivity index (χ0n) is 15.0. The Morgan fingerprint density at radius 3 is 2.05 bits per heavy atom. The van der Waals surface area contributed by atoms with Gasteiger partial charge < -0.3 is 0 Å². The molecule has 2 aliphatic rings. The third-order valence-electron chi connectivity index (χ3n) is 6.11. The van der Waals surface area contributed by atoms with Crippen LogP contribution < -0.4 is 0 Å². The summed E-state index contributed by atoms with van der Waals surface area (Å²) in [6.07, 6.45) is 16.2. The summed E-state index contributed by atoms with van der Waals surface area (Å²) in [5, 5.41) is 0. The maximum atomic E-state index is 14.7. The molecule has 0 nitrogen and oxygen atoms in total. The van der Waals surface area contributed by atoms with Gasteiger partial charge in [0.05, 0.1) is 0 Å². The van der Waals surface area contributed by atoms with Crippen molar-refractivity contribution in [3.05, 3.63) is 23.0 Å². The summed E-state index contributed by atoms with van der Waals surface area (Å²) in [5.41, 5.74) is 1.96. The number of rotatable bonds is 5. The molecule has 0 aliphatic heterocycles. The fourth-order valence-electron chi connectivity index (χ4n) is 4.56. The zero-order chi connectivity index (χ0) is 15.9. The van der Waals surface area contributed by atoms with Crippen molar-refractivity contribution < 1.29 is 4.39 Å². The van der Waals surface area contributed by atoms with Gasteiger partial charge in [-0.2, -0.15) is 0 Å². The van der Waals surface area contributed by atoms with Crippen LogP contribution in [0, 0.1) is 17.8 Å². The van der Waals surface area contributed by atoms with Crippen LogP contribution in [0.25, 0.3) is 0 Å². The maximum absolute atomic E-state index is 14.7. The molecule has 22 heavy (non-hydrogen) atoms. The van der Waals surface area contributed by atoms with E-state index < -0.39 is 0 Å². The van der Waals surface area contributed by atoms with E-state index in [9.17, 15) is 4.39 Å². The first-order valence-electron chi connectivity index (χ1n) is 9.73. The second-order valence-electron chi connectivity index (χ2n) is 7.53. The molecule has 0 amide bonds. The van der Waals surface area contributed by atoms with Crippen molar-refractivity contribution in [2.75, 3.05) is 0 Å². The van der Waals surface area contributed by atoms with E-state index in [0.29, 0.717) is 5.92 Å². The Bertz CT molecular complexity index is 390. The Hall–Kier alpha value is -0.590. The van der Waals surface area contributed by atoms with Crippen LogP contribution in [0.3, 0.4) is 0 Å². The molecule has 2 fully saturated rings. The minimum absolute atomic E-state index is 0.102. The first-order valence-corrected chi connectivity index (χ1v) is 9.73. The SMILES string of the molecule is CC/C=C(\C(F)=C(/C)CC)C1CCC(C2CCCCC2)CC1. The van der Waals surface area contributed by atoms with E-state index in [4.69, 9.17) is 0 Å². The van der Waals surface area contributed by atoms with Crippen LogP contribution in [0.4, 0.5) is 4.39 Å². The predicted octanol–water partition coefficient (Wildman–Crippen LogP) is 7.36. The normalized spacial score (nSPS) is 29.4. The molecule has 0 atom stereocenters. The van der Waals surface area contributed by atoms with Crippen molar-refractivity contribution in [1.29, 1.82) is 0 Å². The van der Waals surface area contributed by atoms with Crippen molar-refractivity contribution in [3.63, 3.8) is 0 Å². The standard InChI is InChI=1S/C21H35F/c1-4-9-20(21(22)16(3)5-2)19-14-12-18(13-15-19)17-10-7-6-8-11-17/h9,17-19H,4-8,10-15H2,1-3H3/b20-9-,21-16-. The molecule has 0 heterocycles. The quantitative estimate of drug-likeness (QED) is 0.465. The van der Waals surface area contributed by atoms with E-state index in [1.807, 2.05) is 6.92 Å². The molecule has 0 aromatic rings. The molecule has 0 radical (unpaired) electrons. The van der Waals surface area contributed by atoms with E-state index >= 15 is 0 Å². The molecule has 0 unspecified atom stereocenters. The average Bonchev–Trinajstić information content (AvgIpc) is 2.59. The van der Waals surface area contributed by atoms with E-state index in [1.54, 1.807) is 0 Å². The first kappa shape index (κ1) is 17.8. The lowest BCUT2D eigenvalue weighted by Gasteiger charge is -2.36. The molecular weight excluding hydrogens is 271 g/mol. The Balaban J connectivity index is 1.97. The number of halogens is 1. The molecule has 0 aromatic carbocycles. The van der Waals surface area contributed by atoms with Crippen LogP contribution in [0.1, 0.15) is 91.4 Å². The van der Waals surface area contributed by atoms with Gasteiger partial charge in [-0.25, -0.2) is 4.39 Å². The van der Waals surface area contributed by atoms with E-state index in [2.05, 4.69) is 19.9 Å². The molecule has 0 spiro atoms. The van der Waals surface area contributed by atoms with Gasteiger partial charge in [-0.15, -0.1) is 0 Å². The lowest BCUT2D eigenvalue weighted by Crippen LogP contribution is -2.24. The van der Waals surface area contributed by atoms with Crippen LogP contribution in [0.5, 0.6) is 0 Å². The fraction of sp³-hybridized carbons (Fsp3) is 0.810. The average molecular weight is 307 g/mol. The summed E-state index contributed by atoms with van der Waals surface area (Å²) >= 11 is 0. The van der Waals surface area contributed by atoms with Crippen molar-refractivity contribution in [2.45, 2.75) is 91.4 Å². The van der Waals surface area contributed by atoms with Crippen LogP contribution in [0.15, 0.2) is 23.0 Å². The molecule has 0 aromatic heterocycles. The summed E-state index contributed by atoms with van der Waals surface area (Å²) in [4.78, 5) is 0.